The van der Waals surface area contributed by atoms with Crippen molar-refractivity contribution in [2.24, 2.45) is 0 Å². The Morgan fingerprint density at radius 2 is 0.833 bits per heavy atom. The predicted octanol–water partition coefficient (Wildman–Crippen LogP) is -6.05. The predicted molar refractivity (Wildman–Crippen MR) is 27.0 cm³/mol. The summed E-state index contributed by atoms with van der Waals surface area (Å²) in [6.07, 6.45) is 0. The molecule has 0 aromatic carbocycles. The normalized spacial score (nSPS) is 3.50. The topological polar surface area (TPSA) is 148 Å². The molecule has 0 aromatic rings. The fourth-order valence-corrected chi connectivity index (χ4v) is 0. The smallest absolute Gasteiger partial charge is 0.554 e. The molecule has 0 heterocycles. The van der Waals surface area contributed by atoms with E-state index in [0.29, 0.717) is 0 Å². The number of rotatable bonds is 0. The average molecular weight is 222 g/mol. The van der Waals surface area contributed by atoms with Gasteiger partial charge < -0.3 is 35.4 Å². The molecule has 0 atom stereocenters. The molecule has 0 amide bonds. The number of carbonyl (C=O) groups excluding carboxylic acids is 3. The van der Waals surface area contributed by atoms with Gasteiger partial charge in [-0.2, -0.15) is 0 Å². The van der Waals surface area contributed by atoms with Crippen LogP contribution in [-0.2, 0) is 31.5 Å². The van der Waals surface area contributed by atoms with Crippen LogP contribution in [-0.4, -0.2) is 26.5 Å². The average Bonchev–Trinajstić information content (AvgIpc) is 1.96. The summed E-state index contributed by atoms with van der Waals surface area (Å²) in [7, 11) is 1.75. The quantitative estimate of drug-likeness (QED) is 0.318. The van der Waals surface area contributed by atoms with Crippen LogP contribution in [0.1, 0.15) is 0 Å². The third kappa shape index (κ3) is 449. The van der Waals surface area contributed by atoms with Crippen molar-refractivity contribution in [3.8, 4) is 0 Å². The van der Waals surface area contributed by atoms with Gasteiger partial charge in [0.05, 0.1) is 7.05 Å². The third-order valence-electron chi connectivity index (χ3n) is 0. The van der Waals surface area contributed by atoms with Crippen LogP contribution < -0.4 is 21.1 Å². The van der Waals surface area contributed by atoms with E-state index in [1.807, 2.05) is 0 Å². The van der Waals surface area contributed by atoms with Gasteiger partial charge in [-0.05, 0) is 0 Å². The molecule has 3 N–H and O–H groups in total. The SMILES string of the molecule is C[NH3+].O=C[O-].O=C[O-].O=C[O-].[Mn+2]. The van der Waals surface area contributed by atoms with E-state index in [9.17, 15) is 0 Å². The van der Waals surface area contributed by atoms with Crippen molar-refractivity contribution in [2.75, 3.05) is 7.05 Å². The molecule has 0 saturated carbocycles. The van der Waals surface area contributed by atoms with Gasteiger partial charge in [0.25, 0.3) is 0 Å². The Hall–Kier alpha value is -1.11. The largest absolute Gasteiger partial charge is 2.00 e. The van der Waals surface area contributed by atoms with E-state index in [2.05, 4.69) is 5.73 Å². The summed E-state index contributed by atoms with van der Waals surface area (Å²) in [6, 6.07) is 0. The summed E-state index contributed by atoms with van der Waals surface area (Å²) in [5, 5.41) is 24.8. The summed E-state index contributed by atoms with van der Waals surface area (Å²) in [5.74, 6) is 0. The minimum absolute atomic E-state index is 0. The zero-order chi connectivity index (χ0) is 10.1. The van der Waals surface area contributed by atoms with Gasteiger partial charge in [0.1, 0.15) is 0 Å². The summed E-state index contributed by atoms with van der Waals surface area (Å²) in [5.41, 5.74) is 3.25. The summed E-state index contributed by atoms with van der Waals surface area (Å²) >= 11 is 0. The Labute approximate surface area is 79.7 Å². The van der Waals surface area contributed by atoms with E-state index >= 15 is 0 Å². The molecule has 0 aliphatic heterocycles. The van der Waals surface area contributed by atoms with Crippen LogP contribution in [0, 0.1) is 0 Å². The number of carbonyl (C=O) groups is 3. The number of quaternary nitrogens is 1. The Bertz CT molecular complexity index is 56.3. The second-order valence-electron chi connectivity index (χ2n) is 0.289. The van der Waals surface area contributed by atoms with Crippen LogP contribution >= 0.6 is 0 Å². The van der Waals surface area contributed by atoms with Gasteiger partial charge in [0.15, 0.2) is 0 Å². The van der Waals surface area contributed by atoms with E-state index in [-0.39, 0.29) is 17.1 Å². The minimum Gasteiger partial charge on any atom is -0.554 e. The van der Waals surface area contributed by atoms with Crippen LogP contribution in [0.4, 0.5) is 0 Å². The maximum atomic E-state index is 8.25. The van der Waals surface area contributed by atoms with E-state index in [1.54, 1.807) is 7.05 Å². The molecular formula is C4H9MnNO6. The molecule has 1 radical (unpaired) electrons. The molecule has 0 bridgehead atoms. The van der Waals surface area contributed by atoms with Crippen molar-refractivity contribution in [1.29, 1.82) is 0 Å². The summed E-state index contributed by atoms with van der Waals surface area (Å²) in [4.78, 5) is 24.8. The van der Waals surface area contributed by atoms with Crippen LogP contribution in [0.5, 0.6) is 0 Å². The number of carboxylic acid groups (broad SMARTS) is 3. The molecule has 0 rings (SSSR count). The van der Waals surface area contributed by atoms with Gasteiger partial charge in [-0.25, -0.2) is 0 Å². The maximum absolute atomic E-state index is 8.25. The van der Waals surface area contributed by atoms with E-state index < -0.39 is 19.4 Å². The molecule has 0 fully saturated rings. The molecule has 8 heteroatoms. The summed E-state index contributed by atoms with van der Waals surface area (Å²) in [6.45, 7) is -1.50. The minimum atomic E-state index is -0.500. The maximum Gasteiger partial charge on any atom is 2.00 e. The van der Waals surface area contributed by atoms with Crippen LogP contribution in [0.25, 0.3) is 0 Å². The Morgan fingerprint density at radius 3 is 0.833 bits per heavy atom. The van der Waals surface area contributed by atoms with E-state index in [4.69, 9.17) is 29.7 Å². The molecule has 0 saturated heterocycles. The first-order valence-corrected chi connectivity index (χ1v) is 2.12. The number of hydrogen-bond acceptors (Lipinski definition) is 6. The van der Waals surface area contributed by atoms with Crippen molar-refractivity contribution in [3.05, 3.63) is 0 Å². The van der Waals surface area contributed by atoms with E-state index in [1.165, 1.54) is 0 Å². The first-order chi connectivity index (χ1) is 5.24. The van der Waals surface area contributed by atoms with Crippen molar-refractivity contribution < 1.29 is 52.5 Å². The molecule has 0 unspecified atom stereocenters. The Kier molecular flexibility index (Phi) is 560. The second kappa shape index (κ2) is 219. The molecule has 0 aliphatic carbocycles. The van der Waals surface area contributed by atoms with Gasteiger partial charge >= 0.3 is 17.1 Å². The first kappa shape index (κ1) is 30.7. The van der Waals surface area contributed by atoms with Gasteiger partial charge in [0.2, 0.25) is 0 Å². The van der Waals surface area contributed by atoms with Crippen molar-refractivity contribution in [3.63, 3.8) is 0 Å². The van der Waals surface area contributed by atoms with E-state index in [0.717, 1.165) is 0 Å². The fraction of sp³-hybridized carbons (Fsp3) is 0.250. The Morgan fingerprint density at radius 1 is 0.833 bits per heavy atom. The zero-order valence-electron chi connectivity index (χ0n) is 6.27. The van der Waals surface area contributed by atoms with Gasteiger partial charge in [0, 0.05) is 19.4 Å². The van der Waals surface area contributed by atoms with Crippen LogP contribution in [0.3, 0.4) is 0 Å². The van der Waals surface area contributed by atoms with Crippen molar-refractivity contribution >= 4 is 19.4 Å². The summed E-state index contributed by atoms with van der Waals surface area (Å²) < 4.78 is 0. The van der Waals surface area contributed by atoms with Gasteiger partial charge in [-0.3, -0.25) is 0 Å². The molecule has 0 aliphatic rings. The van der Waals surface area contributed by atoms with Crippen molar-refractivity contribution in [1.82, 2.24) is 0 Å². The number of hydrogen-bond donors (Lipinski definition) is 1. The first-order valence-electron chi connectivity index (χ1n) is 2.12. The standard InChI is InChI=1S/CH5N.3CH2O2.Mn/c1-2;3*2-1-3;/h2H2,1H3;3*1H,(H,2,3);/q;;;;+2/p-2. The van der Waals surface area contributed by atoms with Crippen LogP contribution in [0.2, 0.25) is 0 Å². The van der Waals surface area contributed by atoms with Crippen LogP contribution in [0.15, 0.2) is 0 Å². The third-order valence-corrected chi connectivity index (χ3v) is 0. The second-order valence-corrected chi connectivity index (χ2v) is 0.289. The molecule has 73 valence electrons. The fourth-order valence-electron chi connectivity index (χ4n) is 0. The van der Waals surface area contributed by atoms with Gasteiger partial charge in [-0.1, -0.05) is 0 Å². The van der Waals surface area contributed by atoms with Crippen molar-refractivity contribution in [2.45, 2.75) is 0 Å². The Balaban J connectivity index is -0.0000000179. The molecule has 7 nitrogen and oxygen atoms in total. The molecule has 12 heavy (non-hydrogen) atoms. The monoisotopic (exact) mass is 222 g/mol. The molecule has 0 aromatic heterocycles. The van der Waals surface area contributed by atoms with Gasteiger partial charge in [-0.15, -0.1) is 0 Å². The zero-order valence-corrected chi connectivity index (χ0v) is 7.45. The molecular weight excluding hydrogens is 213 g/mol. The molecule has 0 spiro atoms.